The number of carbonyl (C=O) groups is 3. The van der Waals surface area contributed by atoms with Crippen molar-refractivity contribution in [1.29, 1.82) is 0 Å². The number of rotatable bonds is 4. The second kappa shape index (κ2) is 12.0. The number of nitrogens with one attached hydrogen (secondary N) is 2. The van der Waals surface area contributed by atoms with E-state index in [-0.39, 0.29) is 17.7 Å². The summed E-state index contributed by atoms with van der Waals surface area (Å²) >= 11 is 0. The van der Waals surface area contributed by atoms with Gasteiger partial charge in [-0.15, -0.1) is 0 Å². The highest BCUT2D eigenvalue weighted by Crippen LogP contribution is 2.20. The number of halogens is 3. The Labute approximate surface area is 191 Å². The molecular weight excluding hydrogens is 439 g/mol. The Balaban J connectivity index is 0.000000479. The molecule has 0 aliphatic carbocycles. The molecule has 184 valence electrons. The van der Waals surface area contributed by atoms with E-state index in [1.54, 1.807) is 0 Å². The standard InChI is InChI=1S/C21H31N3O2.C2HF3O2/c1-15-10-16(2)12-18(11-15)21(26)24-9-5-6-17(14-24)20(25)23-13-19-7-3-4-8-22-19;3-2(4,5)1(6)7/h10-12,17,19,22H,3-9,13-14H2,1-2H3,(H,23,25);(H,6,7)/t17?,19-;/m1./s1. The number of carboxylic acid groups (broad SMARTS) is 1. The summed E-state index contributed by atoms with van der Waals surface area (Å²) in [7, 11) is 0. The molecule has 0 radical (unpaired) electrons. The lowest BCUT2D eigenvalue weighted by molar-refractivity contribution is -0.192. The molecule has 2 aliphatic rings. The van der Waals surface area contributed by atoms with E-state index in [9.17, 15) is 22.8 Å². The average Bonchev–Trinajstić information content (AvgIpc) is 2.77. The van der Waals surface area contributed by atoms with Crippen molar-refractivity contribution in [2.75, 3.05) is 26.2 Å². The molecule has 0 spiro atoms. The fourth-order valence-electron chi connectivity index (χ4n) is 4.12. The summed E-state index contributed by atoms with van der Waals surface area (Å²) in [6, 6.07) is 6.34. The molecule has 3 rings (SSSR count). The highest BCUT2D eigenvalue weighted by molar-refractivity contribution is 5.95. The third-order valence-electron chi connectivity index (χ3n) is 5.73. The van der Waals surface area contributed by atoms with Crippen LogP contribution >= 0.6 is 0 Å². The predicted molar refractivity (Wildman–Crippen MR) is 117 cm³/mol. The van der Waals surface area contributed by atoms with Gasteiger partial charge in [-0.05, 0) is 58.2 Å². The number of likely N-dealkylation sites (tertiary alicyclic amines) is 1. The maximum absolute atomic E-state index is 12.9. The first-order valence-corrected chi connectivity index (χ1v) is 11.2. The monoisotopic (exact) mass is 471 g/mol. The SMILES string of the molecule is Cc1cc(C)cc(C(=O)N2CCCC(C(=O)NC[C@H]3CCCCN3)C2)c1.O=C(O)C(F)(F)F. The molecule has 2 atom stereocenters. The van der Waals surface area contributed by atoms with Crippen molar-refractivity contribution < 1.29 is 32.7 Å². The zero-order valence-electron chi connectivity index (χ0n) is 19.0. The first kappa shape index (κ1) is 26.6. The van der Waals surface area contributed by atoms with Crippen LogP contribution in [0.15, 0.2) is 18.2 Å². The molecular formula is C23H32F3N3O4. The fourth-order valence-corrected chi connectivity index (χ4v) is 4.12. The fraction of sp³-hybridized carbons (Fsp3) is 0.609. The van der Waals surface area contributed by atoms with Crippen LogP contribution in [-0.2, 0) is 9.59 Å². The Morgan fingerprint density at radius 2 is 1.73 bits per heavy atom. The van der Waals surface area contributed by atoms with Gasteiger partial charge in [0.15, 0.2) is 0 Å². The van der Waals surface area contributed by atoms with Gasteiger partial charge in [0.25, 0.3) is 5.91 Å². The number of alkyl halides is 3. The summed E-state index contributed by atoms with van der Waals surface area (Å²) in [5, 5.41) is 13.7. The zero-order valence-corrected chi connectivity index (χ0v) is 19.0. The molecule has 1 aromatic carbocycles. The largest absolute Gasteiger partial charge is 0.490 e. The molecule has 1 aromatic rings. The van der Waals surface area contributed by atoms with E-state index in [4.69, 9.17) is 9.90 Å². The Hall–Kier alpha value is -2.62. The maximum Gasteiger partial charge on any atom is 0.490 e. The van der Waals surface area contributed by atoms with Crippen LogP contribution in [0.4, 0.5) is 13.2 Å². The van der Waals surface area contributed by atoms with Crippen LogP contribution in [-0.4, -0.2) is 66.2 Å². The number of aliphatic carboxylic acids is 1. The Morgan fingerprint density at radius 1 is 1.09 bits per heavy atom. The van der Waals surface area contributed by atoms with Gasteiger partial charge in [-0.25, -0.2) is 4.79 Å². The van der Waals surface area contributed by atoms with Gasteiger partial charge in [0.2, 0.25) is 5.91 Å². The number of nitrogens with zero attached hydrogens (tertiary/aromatic N) is 1. The molecule has 0 bridgehead atoms. The predicted octanol–water partition coefficient (Wildman–Crippen LogP) is 3.05. The van der Waals surface area contributed by atoms with E-state index in [0.717, 1.165) is 49.0 Å². The Kier molecular flexibility index (Phi) is 9.70. The maximum atomic E-state index is 12.9. The van der Waals surface area contributed by atoms with Gasteiger partial charge in [0.05, 0.1) is 5.92 Å². The van der Waals surface area contributed by atoms with Crippen molar-refractivity contribution in [2.45, 2.75) is 58.2 Å². The van der Waals surface area contributed by atoms with Gasteiger partial charge >= 0.3 is 12.1 Å². The molecule has 0 aromatic heterocycles. The van der Waals surface area contributed by atoms with Crippen LogP contribution in [0.5, 0.6) is 0 Å². The number of carbonyl (C=O) groups excluding carboxylic acids is 2. The summed E-state index contributed by atoms with van der Waals surface area (Å²) in [5.41, 5.74) is 2.93. The quantitative estimate of drug-likeness (QED) is 0.627. The molecule has 2 fully saturated rings. The number of benzene rings is 1. The van der Waals surface area contributed by atoms with E-state index < -0.39 is 12.1 Å². The minimum atomic E-state index is -5.08. The number of aryl methyl sites for hydroxylation is 2. The van der Waals surface area contributed by atoms with Crippen molar-refractivity contribution >= 4 is 17.8 Å². The number of carboxylic acids is 1. The third kappa shape index (κ3) is 8.68. The zero-order chi connectivity index (χ0) is 24.6. The molecule has 3 N–H and O–H groups in total. The van der Waals surface area contributed by atoms with Gasteiger partial charge in [-0.2, -0.15) is 13.2 Å². The van der Waals surface area contributed by atoms with E-state index in [0.29, 0.717) is 19.1 Å². The van der Waals surface area contributed by atoms with Crippen LogP contribution in [0.3, 0.4) is 0 Å². The minimum Gasteiger partial charge on any atom is -0.475 e. The molecule has 2 aliphatic heterocycles. The lowest BCUT2D eigenvalue weighted by atomic mass is 9.95. The second-order valence-corrected chi connectivity index (χ2v) is 8.66. The summed E-state index contributed by atoms with van der Waals surface area (Å²) in [5.74, 6) is -2.71. The molecule has 2 saturated heterocycles. The van der Waals surface area contributed by atoms with Crippen LogP contribution in [0.25, 0.3) is 0 Å². The van der Waals surface area contributed by atoms with Gasteiger partial charge in [0, 0.05) is 31.2 Å². The molecule has 2 amide bonds. The average molecular weight is 472 g/mol. The van der Waals surface area contributed by atoms with Crippen LogP contribution in [0, 0.1) is 19.8 Å². The van der Waals surface area contributed by atoms with Gasteiger partial charge < -0.3 is 20.6 Å². The first-order chi connectivity index (χ1) is 15.5. The van der Waals surface area contributed by atoms with Crippen molar-refractivity contribution in [1.82, 2.24) is 15.5 Å². The summed E-state index contributed by atoms with van der Waals surface area (Å²) in [6.45, 7) is 7.02. The van der Waals surface area contributed by atoms with Crippen molar-refractivity contribution in [3.05, 3.63) is 34.9 Å². The van der Waals surface area contributed by atoms with Gasteiger partial charge in [0.1, 0.15) is 0 Å². The van der Waals surface area contributed by atoms with Gasteiger partial charge in [-0.1, -0.05) is 23.6 Å². The van der Waals surface area contributed by atoms with Crippen molar-refractivity contribution in [3.63, 3.8) is 0 Å². The van der Waals surface area contributed by atoms with Crippen LogP contribution in [0.2, 0.25) is 0 Å². The molecule has 10 heteroatoms. The molecule has 0 saturated carbocycles. The van der Waals surface area contributed by atoms with Crippen molar-refractivity contribution in [2.24, 2.45) is 5.92 Å². The lowest BCUT2D eigenvalue weighted by Gasteiger charge is -2.33. The highest BCUT2D eigenvalue weighted by Gasteiger charge is 2.38. The van der Waals surface area contributed by atoms with E-state index in [2.05, 4.69) is 16.7 Å². The lowest BCUT2D eigenvalue weighted by Crippen LogP contribution is -2.49. The van der Waals surface area contributed by atoms with Gasteiger partial charge in [-0.3, -0.25) is 9.59 Å². The third-order valence-corrected chi connectivity index (χ3v) is 5.73. The topological polar surface area (TPSA) is 98.7 Å². The number of hydrogen-bond acceptors (Lipinski definition) is 4. The van der Waals surface area contributed by atoms with E-state index in [1.165, 1.54) is 12.8 Å². The highest BCUT2D eigenvalue weighted by atomic mass is 19.4. The smallest absolute Gasteiger partial charge is 0.475 e. The van der Waals surface area contributed by atoms with Crippen LogP contribution in [0.1, 0.15) is 53.6 Å². The minimum absolute atomic E-state index is 0.0447. The number of amides is 2. The molecule has 2 heterocycles. The number of hydrogen-bond donors (Lipinski definition) is 3. The second-order valence-electron chi connectivity index (χ2n) is 8.66. The van der Waals surface area contributed by atoms with E-state index in [1.807, 2.05) is 30.9 Å². The summed E-state index contributed by atoms with van der Waals surface area (Å²) in [4.78, 5) is 36.2. The number of piperidine rings is 2. The molecule has 1 unspecified atom stereocenters. The van der Waals surface area contributed by atoms with E-state index >= 15 is 0 Å². The van der Waals surface area contributed by atoms with Crippen molar-refractivity contribution in [3.8, 4) is 0 Å². The summed E-state index contributed by atoms with van der Waals surface area (Å²) < 4.78 is 31.7. The first-order valence-electron chi connectivity index (χ1n) is 11.2. The Morgan fingerprint density at radius 3 is 2.27 bits per heavy atom. The normalized spacial score (nSPS) is 20.9. The molecule has 7 nitrogen and oxygen atoms in total. The Bertz CT molecular complexity index is 818. The van der Waals surface area contributed by atoms with Crippen LogP contribution < -0.4 is 10.6 Å². The molecule has 33 heavy (non-hydrogen) atoms. The summed E-state index contributed by atoms with van der Waals surface area (Å²) in [6.07, 6.45) is 0.247.